The first-order valence-electron chi connectivity index (χ1n) is 21.1. The number of carboxylic acid groups (broad SMARTS) is 1. The summed E-state index contributed by atoms with van der Waals surface area (Å²) in [5, 5.41) is 18.6. The van der Waals surface area contributed by atoms with Gasteiger partial charge in [0.15, 0.2) is 0 Å². The summed E-state index contributed by atoms with van der Waals surface area (Å²) in [4.78, 5) is 72.2. The van der Waals surface area contributed by atoms with Crippen molar-refractivity contribution in [2.75, 3.05) is 41.0 Å². The van der Waals surface area contributed by atoms with Crippen molar-refractivity contribution in [1.82, 2.24) is 40.4 Å². The molecule has 8 rings (SSSR count). The van der Waals surface area contributed by atoms with Crippen molar-refractivity contribution in [2.24, 2.45) is 17.8 Å². The highest BCUT2D eigenvalue weighted by molar-refractivity contribution is 6.07. The zero-order chi connectivity index (χ0) is 44.0. The molecule has 2 saturated heterocycles. The van der Waals surface area contributed by atoms with Crippen LogP contribution in [0.2, 0.25) is 0 Å². The zero-order valence-electron chi connectivity index (χ0n) is 36.0. The Morgan fingerprint density at radius 2 is 1.31 bits per heavy atom. The van der Waals surface area contributed by atoms with Gasteiger partial charge in [0.25, 0.3) is 0 Å². The molecule has 2 aliphatic heterocycles. The number of ether oxygens (including phenoxy) is 3. The van der Waals surface area contributed by atoms with Gasteiger partial charge in [0, 0.05) is 44.0 Å². The van der Waals surface area contributed by atoms with Gasteiger partial charge in [0.1, 0.15) is 23.7 Å². The van der Waals surface area contributed by atoms with E-state index in [9.17, 15) is 24.3 Å². The van der Waals surface area contributed by atoms with E-state index in [2.05, 4.69) is 76.1 Å². The second kappa shape index (κ2) is 17.2. The first kappa shape index (κ1) is 42.4. The Labute approximate surface area is 358 Å². The van der Waals surface area contributed by atoms with E-state index < -0.39 is 30.4 Å². The molecule has 326 valence electrons. The lowest BCUT2D eigenvalue weighted by Crippen LogP contribution is -2.54. The van der Waals surface area contributed by atoms with Gasteiger partial charge in [-0.15, -0.1) is 0 Å². The number of hydrogen-bond acceptors (Lipinski definition) is 9. The molecular formula is C46H54N8O8. The molecule has 6 aromatic rings. The van der Waals surface area contributed by atoms with Gasteiger partial charge < -0.3 is 49.7 Å². The first-order chi connectivity index (χ1) is 29.8. The lowest BCUT2D eigenvalue weighted by atomic mass is 9.98. The number of imidazole rings is 2. The minimum Gasteiger partial charge on any atom is -0.465 e. The molecule has 4 heterocycles. The van der Waals surface area contributed by atoms with Crippen LogP contribution in [-0.4, -0.2) is 118 Å². The van der Waals surface area contributed by atoms with Crippen molar-refractivity contribution in [3.8, 4) is 11.1 Å². The second-order valence-corrected chi connectivity index (χ2v) is 17.2. The summed E-state index contributed by atoms with van der Waals surface area (Å²) in [5.74, 6) is 0.902. The van der Waals surface area contributed by atoms with E-state index in [4.69, 9.17) is 24.2 Å². The van der Waals surface area contributed by atoms with Crippen LogP contribution in [-0.2, 0) is 23.8 Å². The fourth-order valence-corrected chi connectivity index (χ4v) is 9.37. The Hall–Kier alpha value is -6.26. The van der Waals surface area contributed by atoms with Crippen LogP contribution in [0.15, 0.2) is 60.7 Å². The van der Waals surface area contributed by atoms with E-state index in [1.165, 1.54) is 14.2 Å². The van der Waals surface area contributed by atoms with Gasteiger partial charge in [-0.05, 0) is 77.8 Å². The number of carbonyl (C=O) groups is 4. The number of aromatic amines is 2. The molecule has 2 aromatic heterocycles. The minimum absolute atomic E-state index is 0.0657. The number of benzene rings is 4. The van der Waals surface area contributed by atoms with Crippen LogP contribution in [0.3, 0.4) is 0 Å². The van der Waals surface area contributed by atoms with Crippen molar-refractivity contribution in [1.29, 1.82) is 0 Å². The van der Waals surface area contributed by atoms with Gasteiger partial charge in [0.05, 0.1) is 54.0 Å². The Bertz CT molecular complexity index is 2680. The molecular weight excluding hydrogens is 793 g/mol. The maximum atomic E-state index is 14.1. The summed E-state index contributed by atoms with van der Waals surface area (Å²) in [7, 11) is 4.40. The van der Waals surface area contributed by atoms with Gasteiger partial charge in [-0.1, -0.05) is 57.2 Å². The number of likely N-dealkylation sites (tertiary alicyclic amines) is 2. The number of rotatable bonds is 12. The molecule has 62 heavy (non-hydrogen) atoms. The molecule has 0 saturated carbocycles. The maximum absolute atomic E-state index is 14.1. The topological polar surface area (TPSA) is 204 Å². The highest BCUT2D eigenvalue weighted by Crippen LogP contribution is 2.39. The second-order valence-electron chi connectivity index (χ2n) is 17.2. The van der Waals surface area contributed by atoms with Crippen LogP contribution < -0.4 is 10.6 Å². The summed E-state index contributed by atoms with van der Waals surface area (Å²) >= 11 is 0. The fraction of sp³-hybridized carbons (Fsp3) is 0.435. The number of nitrogens with one attached hydrogen (secondary N) is 4. The van der Waals surface area contributed by atoms with Crippen LogP contribution in [0.5, 0.6) is 0 Å². The number of alkyl carbamates (subject to hydrolysis) is 1. The van der Waals surface area contributed by atoms with E-state index in [0.29, 0.717) is 37.8 Å². The number of hydrogen-bond donors (Lipinski definition) is 5. The van der Waals surface area contributed by atoms with E-state index in [1.54, 1.807) is 23.8 Å². The third-order valence-corrected chi connectivity index (χ3v) is 12.6. The van der Waals surface area contributed by atoms with Crippen molar-refractivity contribution in [2.45, 2.75) is 70.8 Å². The van der Waals surface area contributed by atoms with Gasteiger partial charge in [-0.25, -0.2) is 19.6 Å². The monoisotopic (exact) mass is 846 g/mol. The number of amides is 4. The molecule has 2 fully saturated rings. The molecule has 16 nitrogen and oxygen atoms in total. The summed E-state index contributed by atoms with van der Waals surface area (Å²) in [5.41, 5.74) is 5.41. The van der Waals surface area contributed by atoms with Crippen LogP contribution in [0, 0.1) is 17.8 Å². The summed E-state index contributed by atoms with van der Waals surface area (Å²) in [6, 6.07) is 18.3. The van der Waals surface area contributed by atoms with E-state index in [-0.39, 0.29) is 41.7 Å². The molecule has 0 radical (unpaired) electrons. The standard InChI is InChI=1S/C46H54N8O8/c1-23(2)37(51-45(57)58)43(55)53-20-24(3)16-35(53)41-47-33-14-10-29-18-27(8-12-31(29)39(33)49-41)28-9-13-32-30(19-28)11-15-34-40(32)50-42(48-34)36-17-26(22-60-5)21-54(36)44(56)38(25(4)61-6)52-46(59)62-7/h8-15,18-19,23-26,35-38,51H,16-17,20-22H2,1-7H3,(H,47,49)(H,48,50)(H,52,59)(H,57,58)/t24-,25?,26-,35-,36-,37?,38?/m0/s1. The molecule has 3 unspecified atom stereocenters. The number of methoxy groups -OCH3 is 3. The molecule has 0 bridgehead atoms. The van der Waals surface area contributed by atoms with Crippen molar-refractivity contribution in [3.05, 3.63) is 72.3 Å². The van der Waals surface area contributed by atoms with Crippen LogP contribution >= 0.6 is 0 Å². The average molecular weight is 847 g/mol. The minimum atomic E-state index is -1.22. The molecule has 16 heteroatoms. The third-order valence-electron chi connectivity index (χ3n) is 12.6. The van der Waals surface area contributed by atoms with E-state index in [0.717, 1.165) is 61.2 Å². The highest BCUT2D eigenvalue weighted by Gasteiger charge is 2.43. The smallest absolute Gasteiger partial charge is 0.407 e. The molecule has 4 aromatic carbocycles. The van der Waals surface area contributed by atoms with Gasteiger partial charge in [-0.3, -0.25) is 9.59 Å². The van der Waals surface area contributed by atoms with Crippen molar-refractivity contribution >= 4 is 67.6 Å². The quantitative estimate of drug-likeness (QED) is 0.0861. The number of H-pyrrole nitrogens is 2. The maximum Gasteiger partial charge on any atom is 0.407 e. The van der Waals surface area contributed by atoms with Crippen molar-refractivity contribution < 1.29 is 38.5 Å². The van der Waals surface area contributed by atoms with Crippen LogP contribution in [0.4, 0.5) is 9.59 Å². The molecule has 0 spiro atoms. The number of aromatic nitrogens is 4. The van der Waals surface area contributed by atoms with Gasteiger partial charge in [-0.2, -0.15) is 0 Å². The summed E-state index contributed by atoms with van der Waals surface area (Å²) in [6.07, 6.45) is -1.19. The predicted molar refractivity (Wildman–Crippen MR) is 234 cm³/mol. The third kappa shape index (κ3) is 7.99. The lowest BCUT2D eigenvalue weighted by Gasteiger charge is -2.30. The highest BCUT2D eigenvalue weighted by atomic mass is 16.5. The molecule has 7 atom stereocenters. The molecule has 5 N–H and O–H groups in total. The Morgan fingerprint density at radius 3 is 1.82 bits per heavy atom. The number of carbonyl (C=O) groups excluding carboxylic acids is 3. The van der Waals surface area contributed by atoms with Crippen molar-refractivity contribution in [3.63, 3.8) is 0 Å². The zero-order valence-corrected chi connectivity index (χ0v) is 36.0. The number of nitrogens with zero attached hydrogens (tertiary/aromatic N) is 4. The van der Waals surface area contributed by atoms with E-state index in [1.807, 2.05) is 26.0 Å². The molecule has 4 amide bonds. The Morgan fingerprint density at radius 1 is 0.758 bits per heavy atom. The van der Waals surface area contributed by atoms with Gasteiger partial charge >= 0.3 is 12.2 Å². The molecule has 0 aliphatic carbocycles. The lowest BCUT2D eigenvalue weighted by molar-refractivity contribution is -0.138. The summed E-state index contributed by atoms with van der Waals surface area (Å²) in [6.45, 7) is 8.93. The normalized spacial score (nSPS) is 20.6. The number of fused-ring (bicyclic) bond motifs is 6. The summed E-state index contributed by atoms with van der Waals surface area (Å²) < 4.78 is 15.8. The first-order valence-corrected chi connectivity index (χ1v) is 21.1. The SMILES string of the molecule is COC[C@H]1C[C@@H](c2nc3ccc4cc(-c5ccc6c(ccc7nc([C@@H]8C[C@H](C)CN8C(=O)C(NC(=O)O)C(C)C)[nH]c76)c5)ccc4c3[nH]2)N(C(=O)C(NC(=O)OC)C(C)OC)C1. The van der Waals surface area contributed by atoms with Gasteiger partial charge in [0.2, 0.25) is 11.8 Å². The largest absolute Gasteiger partial charge is 0.465 e. The molecule has 2 aliphatic rings. The Kier molecular flexibility index (Phi) is 11.8. The van der Waals surface area contributed by atoms with E-state index >= 15 is 0 Å². The predicted octanol–water partition coefficient (Wildman–Crippen LogP) is 6.91. The Balaban J connectivity index is 1.07. The van der Waals surface area contributed by atoms with Crippen LogP contribution in [0.1, 0.15) is 64.3 Å². The van der Waals surface area contributed by atoms with Crippen LogP contribution in [0.25, 0.3) is 54.7 Å². The average Bonchev–Trinajstić information content (AvgIpc) is 4.08. The fourth-order valence-electron chi connectivity index (χ4n) is 9.37.